The highest BCUT2D eigenvalue weighted by atomic mass is 16.1. The molecule has 4 rings (SSSR count). The lowest BCUT2D eigenvalue weighted by Crippen LogP contribution is -2.15. The lowest BCUT2D eigenvalue weighted by Gasteiger charge is -2.09. The number of rotatable bonds is 4. The highest BCUT2D eigenvalue weighted by Crippen LogP contribution is 2.32. The molecular weight excluding hydrogens is 364 g/mol. The average molecular weight is 384 g/mol. The third kappa shape index (κ3) is 4.06. The minimum absolute atomic E-state index is 0.147. The van der Waals surface area contributed by atoms with E-state index in [1.807, 2.05) is 50.2 Å². The molecular formula is C23H20N4O2. The van der Waals surface area contributed by atoms with Crippen LogP contribution < -0.4 is 10.6 Å². The molecule has 0 unspecified atom stereocenters. The summed E-state index contributed by atoms with van der Waals surface area (Å²) >= 11 is 0. The molecule has 3 aromatic rings. The van der Waals surface area contributed by atoms with Crippen LogP contribution in [0.15, 0.2) is 59.6 Å². The lowest BCUT2D eigenvalue weighted by molar-refractivity contribution is -0.115. The molecule has 0 spiro atoms. The maximum absolute atomic E-state index is 12.5. The van der Waals surface area contributed by atoms with Gasteiger partial charge in [0.2, 0.25) is 12.3 Å². The number of benzene rings is 2. The van der Waals surface area contributed by atoms with Crippen molar-refractivity contribution in [2.24, 2.45) is 4.99 Å². The summed E-state index contributed by atoms with van der Waals surface area (Å²) in [7, 11) is 0. The molecule has 0 saturated heterocycles. The molecule has 2 aromatic carbocycles. The summed E-state index contributed by atoms with van der Waals surface area (Å²) in [6.07, 6.45) is 0.770. The largest absolute Gasteiger partial charge is 0.329 e. The van der Waals surface area contributed by atoms with Crippen molar-refractivity contribution in [3.8, 4) is 11.1 Å². The molecule has 0 aliphatic carbocycles. The number of nitrogens with zero attached hydrogens (tertiary/aromatic N) is 2. The van der Waals surface area contributed by atoms with Crippen LogP contribution in [0.3, 0.4) is 0 Å². The molecule has 29 heavy (non-hydrogen) atoms. The topological polar surface area (TPSA) is 83.5 Å². The number of aliphatic imine (C=N–C) groups is 1. The first-order chi connectivity index (χ1) is 14.0. The number of amides is 2. The van der Waals surface area contributed by atoms with E-state index in [1.54, 1.807) is 18.2 Å². The van der Waals surface area contributed by atoms with Gasteiger partial charge in [0.05, 0.1) is 23.5 Å². The van der Waals surface area contributed by atoms with Crippen LogP contribution in [-0.4, -0.2) is 23.0 Å². The van der Waals surface area contributed by atoms with Gasteiger partial charge < -0.3 is 10.6 Å². The zero-order valence-corrected chi connectivity index (χ0v) is 16.2. The molecule has 2 amide bonds. The number of anilines is 2. The summed E-state index contributed by atoms with van der Waals surface area (Å²) in [5.41, 5.74) is 7.49. The first-order valence-electron chi connectivity index (χ1n) is 9.29. The first kappa shape index (κ1) is 18.6. The monoisotopic (exact) mass is 384 g/mol. The van der Waals surface area contributed by atoms with Gasteiger partial charge in [-0.2, -0.15) is 0 Å². The molecule has 2 heterocycles. The van der Waals surface area contributed by atoms with Gasteiger partial charge in [-0.15, -0.1) is 0 Å². The van der Waals surface area contributed by atoms with Crippen molar-refractivity contribution in [3.63, 3.8) is 0 Å². The van der Waals surface area contributed by atoms with Crippen molar-refractivity contribution in [2.75, 3.05) is 10.6 Å². The van der Waals surface area contributed by atoms with Gasteiger partial charge in [0, 0.05) is 17.1 Å². The van der Waals surface area contributed by atoms with Crippen LogP contribution in [0, 0.1) is 13.8 Å². The van der Waals surface area contributed by atoms with Gasteiger partial charge in [0.15, 0.2) is 0 Å². The van der Waals surface area contributed by atoms with E-state index in [9.17, 15) is 9.59 Å². The molecule has 0 radical (unpaired) electrons. The second-order valence-corrected chi connectivity index (χ2v) is 7.00. The van der Waals surface area contributed by atoms with E-state index in [2.05, 4.69) is 15.6 Å². The average Bonchev–Trinajstić information content (AvgIpc) is 2.85. The van der Waals surface area contributed by atoms with Crippen molar-refractivity contribution in [3.05, 3.63) is 71.5 Å². The Balaban J connectivity index is 1.75. The number of aromatic nitrogens is 1. The fourth-order valence-electron chi connectivity index (χ4n) is 3.47. The van der Waals surface area contributed by atoms with E-state index >= 15 is 0 Å². The van der Waals surface area contributed by atoms with Crippen LogP contribution in [0.25, 0.3) is 11.1 Å². The van der Waals surface area contributed by atoms with Gasteiger partial charge in [0.25, 0.3) is 0 Å². The maximum Gasteiger partial charge on any atom is 0.230 e. The lowest BCUT2D eigenvalue weighted by atomic mass is 9.99. The maximum atomic E-state index is 12.5. The van der Waals surface area contributed by atoms with Crippen molar-refractivity contribution in [1.82, 2.24) is 4.98 Å². The third-order valence-electron chi connectivity index (χ3n) is 4.69. The fraction of sp³-hybridized carbons (Fsp3) is 0.130. The molecule has 6 nitrogen and oxygen atoms in total. The number of nitrogens with one attached hydrogen (secondary N) is 2. The van der Waals surface area contributed by atoms with E-state index in [-0.39, 0.29) is 12.3 Å². The third-order valence-corrected chi connectivity index (χ3v) is 4.69. The van der Waals surface area contributed by atoms with Crippen LogP contribution >= 0.6 is 0 Å². The van der Waals surface area contributed by atoms with Crippen LogP contribution in [-0.2, 0) is 9.59 Å². The van der Waals surface area contributed by atoms with E-state index in [0.29, 0.717) is 29.2 Å². The SMILES string of the molecule is Cc1cc(-c2cccc(C3=Nc4ccc(NC=O)cc4NC(=O)C3)c2)cc(C)n1. The van der Waals surface area contributed by atoms with Gasteiger partial charge in [0.1, 0.15) is 0 Å². The second kappa shape index (κ2) is 7.67. The summed E-state index contributed by atoms with van der Waals surface area (Å²) in [5, 5.41) is 5.45. The molecule has 0 bridgehead atoms. The Bertz CT molecular complexity index is 1130. The van der Waals surface area contributed by atoms with E-state index in [1.165, 1.54) is 0 Å². The van der Waals surface area contributed by atoms with Crippen molar-refractivity contribution >= 4 is 35.1 Å². The Morgan fingerprint density at radius 1 is 0.966 bits per heavy atom. The Morgan fingerprint density at radius 3 is 2.48 bits per heavy atom. The predicted molar refractivity (Wildman–Crippen MR) is 115 cm³/mol. The summed E-state index contributed by atoms with van der Waals surface area (Å²) in [5.74, 6) is -0.147. The molecule has 6 heteroatoms. The van der Waals surface area contributed by atoms with Gasteiger partial charge in [-0.1, -0.05) is 18.2 Å². The van der Waals surface area contributed by atoms with Gasteiger partial charge in [-0.05, 0) is 66.9 Å². The number of carbonyl (C=O) groups excluding carboxylic acids is 2. The molecule has 1 aromatic heterocycles. The molecule has 0 saturated carbocycles. The number of fused-ring (bicyclic) bond motifs is 1. The number of pyridine rings is 1. The molecule has 0 atom stereocenters. The van der Waals surface area contributed by atoms with Crippen LogP contribution in [0.1, 0.15) is 23.4 Å². The molecule has 2 N–H and O–H groups in total. The molecule has 144 valence electrons. The Kier molecular flexibility index (Phi) is 4.91. The van der Waals surface area contributed by atoms with Crippen molar-refractivity contribution in [2.45, 2.75) is 20.3 Å². The number of hydrogen-bond donors (Lipinski definition) is 2. The zero-order chi connectivity index (χ0) is 20.4. The predicted octanol–water partition coefficient (Wildman–Crippen LogP) is 4.40. The van der Waals surface area contributed by atoms with E-state index in [4.69, 9.17) is 4.99 Å². The zero-order valence-electron chi connectivity index (χ0n) is 16.2. The number of hydrogen-bond acceptors (Lipinski definition) is 4. The number of carbonyl (C=O) groups is 2. The van der Waals surface area contributed by atoms with Crippen LogP contribution in [0.4, 0.5) is 17.1 Å². The Morgan fingerprint density at radius 2 is 1.72 bits per heavy atom. The summed E-state index contributed by atoms with van der Waals surface area (Å²) in [4.78, 5) is 32.3. The standard InChI is InChI=1S/C23H20N4O2/c1-14-8-18(9-15(2)25-14)16-4-3-5-17(10-16)21-12-23(29)27-22-11-19(24-13-28)6-7-20(22)26-21/h3-11,13H,12H2,1-2H3,(H,24,28)(H,27,29). The minimum atomic E-state index is -0.147. The molecule has 1 aliphatic heterocycles. The van der Waals surface area contributed by atoms with Crippen molar-refractivity contribution in [1.29, 1.82) is 0 Å². The van der Waals surface area contributed by atoms with Gasteiger partial charge in [-0.3, -0.25) is 19.6 Å². The Labute approximate surface area is 168 Å². The minimum Gasteiger partial charge on any atom is -0.329 e. The summed E-state index contributed by atoms with van der Waals surface area (Å²) in [6, 6.07) is 17.4. The van der Waals surface area contributed by atoms with E-state index in [0.717, 1.165) is 28.1 Å². The molecule has 0 fully saturated rings. The first-order valence-corrected chi connectivity index (χ1v) is 9.29. The highest BCUT2D eigenvalue weighted by Gasteiger charge is 2.18. The van der Waals surface area contributed by atoms with E-state index < -0.39 is 0 Å². The smallest absolute Gasteiger partial charge is 0.230 e. The van der Waals surface area contributed by atoms with Crippen LogP contribution in [0.2, 0.25) is 0 Å². The fourth-order valence-corrected chi connectivity index (χ4v) is 3.47. The summed E-state index contributed by atoms with van der Waals surface area (Å²) in [6.45, 7) is 3.95. The van der Waals surface area contributed by atoms with Gasteiger partial charge >= 0.3 is 0 Å². The molecule has 1 aliphatic rings. The highest BCUT2D eigenvalue weighted by molar-refractivity contribution is 6.17. The Hall–Kier alpha value is -3.80. The quantitative estimate of drug-likeness (QED) is 0.654. The normalized spacial score (nSPS) is 13.0. The van der Waals surface area contributed by atoms with Gasteiger partial charge in [-0.25, -0.2) is 0 Å². The number of aryl methyl sites for hydroxylation is 2. The second-order valence-electron chi connectivity index (χ2n) is 7.00. The van der Waals surface area contributed by atoms with Crippen LogP contribution in [0.5, 0.6) is 0 Å². The summed E-state index contributed by atoms with van der Waals surface area (Å²) < 4.78 is 0. The van der Waals surface area contributed by atoms with Crippen molar-refractivity contribution < 1.29 is 9.59 Å².